The smallest absolute Gasteiger partial charge is 0.251 e. The maximum Gasteiger partial charge on any atom is 0.251 e. The van der Waals surface area contributed by atoms with Crippen LogP contribution in [0, 0.1) is 0 Å². The normalized spacial score (nSPS) is 12.1. The van der Waals surface area contributed by atoms with Gasteiger partial charge in [-0.2, -0.15) is 5.10 Å². The van der Waals surface area contributed by atoms with Crippen molar-refractivity contribution in [2.24, 2.45) is 0 Å². The Balaban J connectivity index is 1.70. The molecule has 0 radical (unpaired) electrons. The molecule has 23 heavy (non-hydrogen) atoms. The maximum absolute atomic E-state index is 12.2. The Labute approximate surface area is 133 Å². The number of anilines is 1. The first-order valence-corrected chi connectivity index (χ1v) is 7.46. The van der Waals surface area contributed by atoms with Gasteiger partial charge in [0, 0.05) is 0 Å². The van der Waals surface area contributed by atoms with E-state index in [0.717, 1.165) is 17.7 Å². The molecule has 3 aromatic rings. The Bertz CT molecular complexity index is 775. The number of aryl methyl sites for hydroxylation is 1. The second kappa shape index (κ2) is 6.43. The van der Waals surface area contributed by atoms with Crippen molar-refractivity contribution in [3.63, 3.8) is 0 Å². The van der Waals surface area contributed by atoms with Crippen LogP contribution in [-0.4, -0.2) is 30.6 Å². The van der Waals surface area contributed by atoms with Crippen LogP contribution in [0.15, 0.2) is 43.1 Å². The van der Waals surface area contributed by atoms with Gasteiger partial charge < -0.3 is 4.98 Å². The molecule has 0 bridgehead atoms. The molecule has 0 saturated heterocycles. The molecule has 2 aromatic heterocycles. The molecular weight excluding hydrogens is 292 g/mol. The average Bonchev–Trinajstić information content (AvgIpc) is 3.26. The second-order valence-corrected chi connectivity index (χ2v) is 5.24. The Kier molecular flexibility index (Phi) is 4.18. The van der Waals surface area contributed by atoms with Crippen LogP contribution in [0.25, 0.3) is 11.3 Å². The lowest BCUT2D eigenvalue weighted by Gasteiger charge is -2.10. The highest BCUT2D eigenvalue weighted by molar-refractivity contribution is 5.92. The molecule has 0 aliphatic heterocycles. The SMILES string of the molecule is CCc1ccc(-c2cnc(NC(=O)C(C)n3cncn3)[nH]2)cc1. The van der Waals surface area contributed by atoms with Crippen LogP contribution < -0.4 is 5.32 Å². The fourth-order valence-electron chi connectivity index (χ4n) is 2.21. The van der Waals surface area contributed by atoms with E-state index in [1.54, 1.807) is 13.1 Å². The molecule has 0 aliphatic carbocycles. The van der Waals surface area contributed by atoms with Gasteiger partial charge >= 0.3 is 0 Å². The number of aromatic amines is 1. The van der Waals surface area contributed by atoms with Crippen LogP contribution in [0.5, 0.6) is 0 Å². The third kappa shape index (κ3) is 3.28. The van der Waals surface area contributed by atoms with E-state index >= 15 is 0 Å². The molecule has 7 nitrogen and oxygen atoms in total. The molecular formula is C16H18N6O. The summed E-state index contributed by atoms with van der Waals surface area (Å²) in [6.45, 7) is 3.87. The van der Waals surface area contributed by atoms with Crippen molar-refractivity contribution < 1.29 is 4.79 Å². The summed E-state index contributed by atoms with van der Waals surface area (Å²) >= 11 is 0. The van der Waals surface area contributed by atoms with E-state index in [0.29, 0.717) is 5.95 Å². The van der Waals surface area contributed by atoms with Gasteiger partial charge in [-0.3, -0.25) is 10.1 Å². The van der Waals surface area contributed by atoms with Crippen molar-refractivity contribution in [1.29, 1.82) is 0 Å². The van der Waals surface area contributed by atoms with Crippen molar-refractivity contribution in [2.75, 3.05) is 5.32 Å². The van der Waals surface area contributed by atoms with E-state index in [9.17, 15) is 4.79 Å². The molecule has 0 aliphatic rings. The Morgan fingerprint density at radius 3 is 2.78 bits per heavy atom. The predicted molar refractivity (Wildman–Crippen MR) is 86.8 cm³/mol. The van der Waals surface area contributed by atoms with Crippen LogP contribution in [0.3, 0.4) is 0 Å². The van der Waals surface area contributed by atoms with Gasteiger partial charge in [0.25, 0.3) is 5.91 Å². The molecule has 2 heterocycles. The number of aromatic nitrogens is 5. The Morgan fingerprint density at radius 2 is 2.13 bits per heavy atom. The first-order chi connectivity index (χ1) is 11.2. The standard InChI is InChI=1S/C16H18N6O/c1-3-12-4-6-13(7-5-12)14-8-18-16(20-14)21-15(23)11(2)22-10-17-9-19-22/h4-11H,3H2,1-2H3,(H2,18,20,21,23). The molecule has 1 amide bonds. The molecule has 7 heteroatoms. The van der Waals surface area contributed by atoms with Gasteiger partial charge in [0.05, 0.1) is 11.9 Å². The summed E-state index contributed by atoms with van der Waals surface area (Å²) < 4.78 is 1.49. The van der Waals surface area contributed by atoms with E-state index in [-0.39, 0.29) is 5.91 Å². The number of hydrogen-bond acceptors (Lipinski definition) is 4. The predicted octanol–water partition coefficient (Wildman–Crippen LogP) is 2.43. The summed E-state index contributed by atoms with van der Waals surface area (Å²) in [6, 6.07) is 7.78. The van der Waals surface area contributed by atoms with Crippen LogP contribution in [0.1, 0.15) is 25.5 Å². The van der Waals surface area contributed by atoms with Crippen LogP contribution in [0.4, 0.5) is 5.95 Å². The largest absolute Gasteiger partial charge is 0.324 e. The third-order valence-corrected chi connectivity index (χ3v) is 3.70. The first-order valence-electron chi connectivity index (χ1n) is 7.46. The summed E-state index contributed by atoms with van der Waals surface area (Å²) in [7, 11) is 0. The van der Waals surface area contributed by atoms with Gasteiger partial charge in [-0.1, -0.05) is 31.2 Å². The summed E-state index contributed by atoms with van der Waals surface area (Å²) in [6.07, 6.45) is 5.61. The van der Waals surface area contributed by atoms with Crippen molar-refractivity contribution in [3.8, 4) is 11.3 Å². The number of carbonyl (C=O) groups excluding carboxylic acids is 1. The second-order valence-electron chi connectivity index (χ2n) is 5.24. The number of amides is 1. The van der Waals surface area contributed by atoms with Crippen LogP contribution in [0.2, 0.25) is 0 Å². The van der Waals surface area contributed by atoms with Gasteiger partial charge in [0.2, 0.25) is 5.95 Å². The minimum atomic E-state index is -0.463. The number of carbonyl (C=O) groups is 1. The lowest BCUT2D eigenvalue weighted by Crippen LogP contribution is -2.24. The monoisotopic (exact) mass is 310 g/mol. The molecule has 0 fully saturated rings. The van der Waals surface area contributed by atoms with E-state index in [1.807, 2.05) is 12.1 Å². The Hall–Kier alpha value is -2.96. The summed E-state index contributed by atoms with van der Waals surface area (Å²) in [5, 5.41) is 6.71. The molecule has 2 N–H and O–H groups in total. The maximum atomic E-state index is 12.2. The van der Waals surface area contributed by atoms with Crippen molar-refractivity contribution in [3.05, 3.63) is 48.7 Å². The minimum Gasteiger partial charge on any atom is -0.324 e. The zero-order valence-electron chi connectivity index (χ0n) is 13.0. The number of H-pyrrole nitrogens is 1. The molecule has 3 rings (SSSR count). The third-order valence-electron chi connectivity index (χ3n) is 3.70. The van der Waals surface area contributed by atoms with Crippen molar-refractivity contribution in [1.82, 2.24) is 24.7 Å². The number of benzene rings is 1. The highest BCUT2D eigenvalue weighted by Gasteiger charge is 2.16. The fraction of sp³-hybridized carbons (Fsp3) is 0.250. The first kappa shape index (κ1) is 15.0. The minimum absolute atomic E-state index is 0.210. The number of rotatable bonds is 5. The molecule has 0 spiro atoms. The zero-order valence-corrected chi connectivity index (χ0v) is 13.0. The van der Waals surface area contributed by atoms with E-state index in [4.69, 9.17) is 0 Å². The number of nitrogens with one attached hydrogen (secondary N) is 2. The lowest BCUT2D eigenvalue weighted by atomic mass is 10.1. The van der Waals surface area contributed by atoms with E-state index in [1.165, 1.54) is 22.9 Å². The number of hydrogen-bond donors (Lipinski definition) is 2. The number of nitrogens with zero attached hydrogens (tertiary/aromatic N) is 4. The molecule has 1 aromatic carbocycles. The molecule has 0 saturated carbocycles. The van der Waals surface area contributed by atoms with Crippen molar-refractivity contribution in [2.45, 2.75) is 26.3 Å². The topological polar surface area (TPSA) is 88.5 Å². The van der Waals surface area contributed by atoms with Crippen molar-refractivity contribution >= 4 is 11.9 Å². The fourth-order valence-corrected chi connectivity index (χ4v) is 2.21. The number of imidazole rings is 1. The van der Waals surface area contributed by atoms with E-state index < -0.39 is 6.04 Å². The Morgan fingerprint density at radius 1 is 1.35 bits per heavy atom. The highest BCUT2D eigenvalue weighted by atomic mass is 16.2. The van der Waals surface area contributed by atoms with Gasteiger partial charge in [0.15, 0.2) is 0 Å². The van der Waals surface area contributed by atoms with Gasteiger partial charge in [-0.15, -0.1) is 0 Å². The average molecular weight is 310 g/mol. The van der Waals surface area contributed by atoms with Gasteiger partial charge in [-0.05, 0) is 24.5 Å². The van der Waals surface area contributed by atoms with Gasteiger partial charge in [-0.25, -0.2) is 14.6 Å². The molecule has 118 valence electrons. The molecule has 1 unspecified atom stereocenters. The summed E-state index contributed by atoms with van der Waals surface area (Å²) in [5.74, 6) is 0.203. The quantitative estimate of drug-likeness (QED) is 0.757. The van der Waals surface area contributed by atoms with Crippen LogP contribution in [-0.2, 0) is 11.2 Å². The zero-order chi connectivity index (χ0) is 16.2. The molecule has 1 atom stereocenters. The lowest BCUT2D eigenvalue weighted by molar-refractivity contribution is -0.119. The summed E-state index contributed by atoms with van der Waals surface area (Å²) in [4.78, 5) is 23.3. The highest BCUT2D eigenvalue weighted by Crippen LogP contribution is 2.19. The summed E-state index contributed by atoms with van der Waals surface area (Å²) in [5.41, 5.74) is 3.17. The van der Waals surface area contributed by atoms with Gasteiger partial charge in [0.1, 0.15) is 18.7 Å². The van der Waals surface area contributed by atoms with Crippen LogP contribution >= 0.6 is 0 Å². The van der Waals surface area contributed by atoms with E-state index in [2.05, 4.69) is 44.4 Å².